The van der Waals surface area contributed by atoms with E-state index in [9.17, 15) is 8.42 Å². The molecule has 0 saturated carbocycles. The average molecular weight is 319 g/mol. The Morgan fingerprint density at radius 2 is 1.64 bits per heavy atom. The van der Waals surface area contributed by atoms with Crippen LogP contribution in [0.1, 0.15) is 19.4 Å². The minimum Gasteiger partial charge on any atom is -0.493 e. The molecule has 2 rings (SSSR count). The van der Waals surface area contributed by atoms with Crippen LogP contribution in [0.4, 0.5) is 0 Å². The van der Waals surface area contributed by atoms with Crippen molar-refractivity contribution in [1.29, 1.82) is 0 Å². The van der Waals surface area contributed by atoms with E-state index in [0.29, 0.717) is 18.3 Å². The van der Waals surface area contributed by atoms with Crippen LogP contribution in [0.3, 0.4) is 0 Å². The van der Waals surface area contributed by atoms with Crippen LogP contribution in [0, 0.1) is 5.92 Å². The zero-order valence-corrected chi connectivity index (χ0v) is 13.6. The smallest absolute Gasteiger partial charge is 0.240 e. The molecule has 0 heterocycles. The van der Waals surface area contributed by atoms with Crippen LogP contribution in [-0.2, 0) is 16.6 Å². The highest BCUT2D eigenvalue weighted by atomic mass is 32.2. The average Bonchev–Trinajstić information content (AvgIpc) is 2.52. The van der Waals surface area contributed by atoms with Gasteiger partial charge < -0.3 is 4.74 Å². The number of sulfonamides is 1. The van der Waals surface area contributed by atoms with E-state index in [1.54, 1.807) is 24.3 Å². The molecule has 0 unspecified atom stereocenters. The van der Waals surface area contributed by atoms with Crippen LogP contribution in [0.5, 0.6) is 5.75 Å². The summed E-state index contributed by atoms with van der Waals surface area (Å²) in [6, 6.07) is 15.9. The molecule has 0 aliphatic rings. The first kappa shape index (κ1) is 16.5. The van der Waals surface area contributed by atoms with Gasteiger partial charge in [-0.25, -0.2) is 13.1 Å². The molecule has 4 nitrogen and oxygen atoms in total. The van der Waals surface area contributed by atoms with Crippen LogP contribution in [0.2, 0.25) is 0 Å². The summed E-state index contributed by atoms with van der Waals surface area (Å²) in [6.45, 7) is 5.01. The molecule has 0 saturated heterocycles. The van der Waals surface area contributed by atoms with E-state index in [1.807, 2.05) is 30.3 Å². The Kier molecular flexibility index (Phi) is 5.57. The number of rotatable bonds is 7. The quantitative estimate of drug-likeness (QED) is 0.852. The molecule has 0 radical (unpaired) electrons. The van der Waals surface area contributed by atoms with Crippen LogP contribution >= 0.6 is 0 Å². The number of hydrogen-bond donors (Lipinski definition) is 1. The normalized spacial score (nSPS) is 11.6. The maximum absolute atomic E-state index is 12.2. The van der Waals surface area contributed by atoms with Crippen LogP contribution in [0.15, 0.2) is 59.5 Å². The maximum atomic E-state index is 12.2. The molecule has 22 heavy (non-hydrogen) atoms. The molecule has 0 aliphatic carbocycles. The van der Waals surface area contributed by atoms with Gasteiger partial charge in [-0.3, -0.25) is 0 Å². The Balaban J connectivity index is 2.00. The van der Waals surface area contributed by atoms with Crippen molar-refractivity contribution in [3.8, 4) is 5.75 Å². The monoisotopic (exact) mass is 319 g/mol. The number of benzene rings is 2. The molecule has 0 fully saturated rings. The topological polar surface area (TPSA) is 55.4 Å². The van der Waals surface area contributed by atoms with Gasteiger partial charge in [0.25, 0.3) is 0 Å². The second-order valence-corrected chi connectivity index (χ2v) is 7.25. The fraction of sp³-hybridized carbons (Fsp3) is 0.294. The summed E-state index contributed by atoms with van der Waals surface area (Å²) >= 11 is 0. The molecule has 1 N–H and O–H groups in total. The molecule has 0 aromatic heterocycles. The minimum atomic E-state index is -3.51. The molecule has 2 aromatic rings. The van der Waals surface area contributed by atoms with Crippen molar-refractivity contribution in [3.63, 3.8) is 0 Å². The molecule has 5 heteroatoms. The highest BCUT2D eigenvalue weighted by Crippen LogP contribution is 2.17. The Morgan fingerprint density at radius 3 is 2.23 bits per heavy atom. The zero-order chi connectivity index (χ0) is 16.0. The standard InChI is InChI=1S/C17H21NO3S/c1-14(2)13-21-16-8-10-17(11-9-16)22(19,20)18-12-15-6-4-3-5-7-15/h3-11,14,18H,12-13H2,1-2H3. The lowest BCUT2D eigenvalue weighted by atomic mass is 10.2. The van der Waals surface area contributed by atoms with Gasteiger partial charge in [-0.1, -0.05) is 44.2 Å². The minimum absolute atomic E-state index is 0.236. The second-order valence-electron chi connectivity index (χ2n) is 5.49. The predicted octanol–water partition coefficient (Wildman–Crippen LogP) is 3.20. The van der Waals surface area contributed by atoms with Gasteiger partial charge in [0.15, 0.2) is 0 Å². The molecule has 118 valence electrons. The van der Waals surface area contributed by atoms with E-state index in [4.69, 9.17) is 4.74 Å². The van der Waals surface area contributed by atoms with Gasteiger partial charge in [0.1, 0.15) is 5.75 Å². The van der Waals surface area contributed by atoms with E-state index < -0.39 is 10.0 Å². The second kappa shape index (κ2) is 7.42. The van der Waals surface area contributed by atoms with E-state index in [-0.39, 0.29) is 11.4 Å². The summed E-state index contributed by atoms with van der Waals surface area (Å²) in [5.41, 5.74) is 0.919. The highest BCUT2D eigenvalue weighted by molar-refractivity contribution is 7.89. The van der Waals surface area contributed by atoms with Crippen molar-refractivity contribution in [2.75, 3.05) is 6.61 Å². The first-order valence-corrected chi connectivity index (χ1v) is 8.72. The van der Waals surface area contributed by atoms with Crippen molar-refractivity contribution >= 4 is 10.0 Å². The fourth-order valence-electron chi connectivity index (χ4n) is 1.84. The van der Waals surface area contributed by atoms with Gasteiger partial charge in [-0.05, 0) is 35.7 Å². The lowest BCUT2D eigenvalue weighted by molar-refractivity contribution is 0.271. The van der Waals surface area contributed by atoms with Crippen LogP contribution in [0.25, 0.3) is 0 Å². The third kappa shape index (κ3) is 4.86. The first-order chi connectivity index (χ1) is 10.5. The van der Waals surface area contributed by atoms with E-state index >= 15 is 0 Å². The van der Waals surface area contributed by atoms with E-state index in [0.717, 1.165) is 5.56 Å². The summed E-state index contributed by atoms with van der Waals surface area (Å²) in [6.07, 6.45) is 0. The van der Waals surface area contributed by atoms with Crippen molar-refractivity contribution in [3.05, 3.63) is 60.2 Å². The summed E-state index contributed by atoms with van der Waals surface area (Å²) in [4.78, 5) is 0.236. The lowest BCUT2D eigenvalue weighted by Gasteiger charge is -2.10. The highest BCUT2D eigenvalue weighted by Gasteiger charge is 2.13. The van der Waals surface area contributed by atoms with Crippen molar-refractivity contribution in [2.45, 2.75) is 25.3 Å². The van der Waals surface area contributed by atoms with E-state index in [1.165, 1.54) is 0 Å². The number of ether oxygens (including phenoxy) is 1. The van der Waals surface area contributed by atoms with Crippen LogP contribution in [-0.4, -0.2) is 15.0 Å². The predicted molar refractivity (Wildman–Crippen MR) is 87.2 cm³/mol. The molecule has 0 aliphatic heterocycles. The first-order valence-electron chi connectivity index (χ1n) is 7.24. The Morgan fingerprint density at radius 1 is 1.00 bits per heavy atom. The molecule has 0 amide bonds. The van der Waals surface area contributed by atoms with Gasteiger partial charge in [-0.15, -0.1) is 0 Å². The summed E-state index contributed by atoms with van der Waals surface area (Å²) < 4.78 is 32.6. The third-order valence-corrected chi connectivity index (χ3v) is 4.44. The molecular weight excluding hydrogens is 298 g/mol. The molecule has 0 spiro atoms. The summed E-state index contributed by atoms with van der Waals surface area (Å²) in [5.74, 6) is 1.10. The van der Waals surface area contributed by atoms with E-state index in [2.05, 4.69) is 18.6 Å². The molecule has 0 bridgehead atoms. The largest absolute Gasteiger partial charge is 0.493 e. The summed E-state index contributed by atoms with van der Waals surface area (Å²) in [5, 5.41) is 0. The SMILES string of the molecule is CC(C)COc1ccc(S(=O)(=O)NCc2ccccc2)cc1. The van der Waals surface area contributed by atoms with Gasteiger partial charge in [0.05, 0.1) is 11.5 Å². The van der Waals surface area contributed by atoms with Crippen molar-refractivity contribution in [1.82, 2.24) is 4.72 Å². The maximum Gasteiger partial charge on any atom is 0.240 e. The van der Waals surface area contributed by atoms with Crippen molar-refractivity contribution < 1.29 is 13.2 Å². The summed E-state index contributed by atoms with van der Waals surface area (Å²) in [7, 11) is -3.51. The third-order valence-electron chi connectivity index (χ3n) is 3.03. The number of hydrogen-bond acceptors (Lipinski definition) is 3. The number of nitrogens with one attached hydrogen (secondary N) is 1. The zero-order valence-electron chi connectivity index (χ0n) is 12.8. The Hall–Kier alpha value is -1.85. The fourth-order valence-corrected chi connectivity index (χ4v) is 2.85. The van der Waals surface area contributed by atoms with Crippen molar-refractivity contribution in [2.24, 2.45) is 5.92 Å². The Bertz CT molecular complexity index is 680. The van der Waals surface area contributed by atoms with Gasteiger partial charge in [0, 0.05) is 6.54 Å². The van der Waals surface area contributed by atoms with Gasteiger partial charge >= 0.3 is 0 Å². The Labute approximate surface area is 132 Å². The molecular formula is C17H21NO3S. The lowest BCUT2D eigenvalue weighted by Crippen LogP contribution is -2.23. The van der Waals surface area contributed by atoms with Gasteiger partial charge in [0.2, 0.25) is 10.0 Å². The van der Waals surface area contributed by atoms with Crippen LogP contribution < -0.4 is 9.46 Å². The van der Waals surface area contributed by atoms with Gasteiger partial charge in [-0.2, -0.15) is 0 Å². The molecule has 2 aromatic carbocycles. The molecule has 0 atom stereocenters.